The van der Waals surface area contributed by atoms with E-state index in [1.54, 1.807) is 43.7 Å². The average molecular weight is 383 g/mol. The molecule has 2 aromatic rings. The van der Waals surface area contributed by atoms with Crippen LogP contribution in [0.1, 0.15) is 30.3 Å². The molecule has 0 spiro atoms. The summed E-state index contributed by atoms with van der Waals surface area (Å²) in [5.41, 5.74) is 2.75. The van der Waals surface area contributed by atoms with Gasteiger partial charge in [0.25, 0.3) is 0 Å². The van der Waals surface area contributed by atoms with Crippen LogP contribution in [0.5, 0.6) is 0 Å². The van der Waals surface area contributed by atoms with Gasteiger partial charge in [0.2, 0.25) is 5.91 Å². The minimum Gasteiger partial charge on any atom is -0.339 e. The molecule has 1 heterocycles. The predicted molar refractivity (Wildman–Crippen MR) is 95.0 cm³/mol. The zero-order chi connectivity index (χ0) is 20.2. The van der Waals surface area contributed by atoms with Gasteiger partial charge in [-0.15, -0.1) is 0 Å². The quantitative estimate of drug-likeness (QED) is 0.546. The number of benzene rings is 1. The van der Waals surface area contributed by atoms with Crippen molar-refractivity contribution in [3.63, 3.8) is 0 Å². The van der Waals surface area contributed by atoms with E-state index in [4.69, 9.17) is 0 Å². The van der Waals surface area contributed by atoms with Gasteiger partial charge in [-0.1, -0.05) is 0 Å². The second-order valence-electron chi connectivity index (χ2n) is 6.09. The molecule has 4 nitrogen and oxygen atoms in total. The van der Waals surface area contributed by atoms with Crippen molar-refractivity contribution in [2.45, 2.75) is 33.4 Å². The number of nitrogens with zero attached hydrogens (tertiary/aromatic N) is 3. The van der Waals surface area contributed by atoms with Crippen molar-refractivity contribution in [3.05, 3.63) is 53.1 Å². The monoisotopic (exact) mass is 383 g/mol. The van der Waals surface area contributed by atoms with E-state index in [2.05, 4.69) is 5.10 Å². The van der Waals surface area contributed by atoms with Crippen molar-refractivity contribution in [1.82, 2.24) is 14.7 Å². The number of carbonyl (C=O) groups is 1. The maximum Gasteiger partial charge on any atom is 0.390 e. The molecule has 0 saturated heterocycles. The van der Waals surface area contributed by atoms with Crippen molar-refractivity contribution in [3.8, 4) is 5.69 Å². The summed E-state index contributed by atoms with van der Waals surface area (Å²) in [7, 11) is 0. The Kier molecular flexibility index (Phi) is 6.41. The van der Waals surface area contributed by atoms with Gasteiger partial charge in [0.05, 0.1) is 17.8 Å². The lowest BCUT2D eigenvalue weighted by molar-refractivity contribution is -0.143. The first-order valence-electron chi connectivity index (χ1n) is 8.48. The zero-order valence-corrected chi connectivity index (χ0v) is 15.3. The molecule has 146 valence electrons. The maximum absolute atomic E-state index is 13.1. The molecule has 0 fully saturated rings. The molecule has 0 aliphatic carbocycles. The molecule has 0 aliphatic rings. The number of hydrogen-bond donors (Lipinski definition) is 0. The lowest BCUT2D eigenvalue weighted by Crippen LogP contribution is -2.32. The van der Waals surface area contributed by atoms with Crippen molar-refractivity contribution < 1.29 is 22.4 Å². The Morgan fingerprint density at radius 1 is 1.22 bits per heavy atom. The van der Waals surface area contributed by atoms with Crippen LogP contribution in [0.15, 0.2) is 30.3 Å². The SMILES string of the molecule is CCN(CCC(F)(F)F)C(=O)/C=C/c1c(C)nn(-c2ccc(F)cc2)c1C. The molecule has 1 amide bonds. The number of alkyl halides is 3. The Hall–Kier alpha value is -2.64. The maximum atomic E-state index is 13.1. The summed E-state index contributed by atoms with van der Waals surface area (Å²) < 4.78 is 51.8. The van der Waals surface area contributed by atoms with Crippen LogP contribution in [-0.2, 0) is 4.79 Å². The molecule has 1 aromatic heterocycles. The number of amides is 1. The number of aryl methyl sites for hydroxylation is 1. The highest BCUT2D eigenvalue weighted by Crippen LogP contribution is 2.21. The van der Waals surface area contributed by atoms with Crippen LogP contribution in [0.25, 0.3) is 11.8 Å². The van der Waals surface area contributed by atoms with E-state index >= 15 is 0 Å². The summed E-state index contributed by atoms with van der Waals surface area (Å²) >= 11 is 0. The minimum atomic E-state index is -4.30. The predicted octanol–water partition coefficient (Wildman–Crippen LogP) is 4.44. The Labute approximate surface area is 155 Å². The Morgan fingerprint density at radius 2 is 1.85 bits per heavy atom. The summed E-state index contributed by atoms with van der Waals surface area (Å²) in [5, 5.41) is 4.39. The van der Waals surface area contributed by atoms with Gasteiger partial charge in [-0.05, 0) is 51.1 Å². The highest BCUT2D eigenvalue weighted by molar-refractivity contribution is 5.92. The summed E-state index contributed by atoms with van der Waals surface area (Å²) in [4.78, 5) is 13.3. The van der Waals surface area contributed by atoms with Gasteiger partial charge in [0.1, 0.15) is 5.82 Å². The fraction of sp³-hybridized carbons (Fsp3) is 0.368. The molecule has 8 heteroatoms. The molecule has 0 bridgehead atoms. The smallest absolute Gasteiger partial charge is 0.339 e. The van der Waals surface area contributed by atoms with E-state index < -0.39 is 18.5 Å². The molecular weight excluding hydrogens is 362 g/mol. The largest absolute Gasteiger partial charge is 0.390 e. The van der Waals surface area contributed by atoms with Crippen molar-refractivity contribution in [1.29, 1.82) is 0 Å². The lowest BCUT2D eigenvalue weighted by Gasteiger charge is -2.19. The first-order valence-corrected chi connectivity index (χ1v) is 8.48. The van der Waals surface area contributed by atoms with E-state index in [0.29, 0.717) is 16.9 Å². The molecule has 0 saturated carbocycles. The third-order valence-electron chi connectivity index (χ3n) is 4.17. The van der Waals surface area contributed by atoms with Gasteiger partial charge >= 0.3 is 6.18 Å². The standard InChI is InChI=1S/C19H21F4N3O/c1-4-25(12-11-19(21,22)23)18(27)10-9-17-13(2)24-26(14(17)3)16-7-5-15(20)6-8-16/h5-10H,4,11-12H2,1-3H3/b10-9+. The number of likely N-dealkylation sites (N-methyl/N-ethyl adjacent to an activating group) is 1. The van der Waals surface area contributed by atoms with Gasteiger partial charge < -0.3 is 4.90 Å². The summed E-state index contributed by atoms with van der Waals surface area (Å²) in [5.74, 6) is -0.848. The van der Waals surface area contributed by atoms with Crippen LogP contribution in [0.2, 0.25) is 0 Å². The second kappa shape index (κ2) is 8.37. The molecule has 0 unspecified atom stereocenters. The molecule has 27 heavy (non-hydrogen) atoms. The van der Waals surface area contributed by atoms with E-state index in [-0.39, 0.29) is 18.9 Å². The fourth-order valence-corrected chi connectivity index (χ4v) is 2.68. The number of rotatable bonds is 6. The Bertz CT molecular complexity index is 823. The fourth-order valence-electron chi connectivity index (χ4n) is 2.68. The van der Waals surface area contributed by atoms with Crippen molar-refractivity contribution in [2.24, 2.45) is 0 Å². The molecular formula is C19H21F4N3O. The molecule has 0 radical (unpaired) electrons. The van der Waals surface area contributed by atoms with Crippen LogP contribution in [-0.4, -0.2) is 39.9 Å². The summed E-state index contributed by atoms with van der Waals surface area (Å²) in [6.07, 6.45) is -2.54. The van der Waals surface area contributed by atoms with E-state index in [0.717, 1.165) is 10.6 Å². The molecule has 0 N–H and O–H groups in total. The molecule has 2 rings (SSSR count). The van der Waals surface area contributed by atoms with Gasteiger partial charge in [0, 0.05) is 30.4 Å². The topological polar surface area (TPSA) is 38.1 Å². The number of hydrogen-bond acceptors (Lipinski definition) is 2. The van der Waals surface area contributed by atoms with Crippen LogP contribution in [0, 0.1) is 19.7 Å². The van der Waals surface area contributed by atoms with Crippen molar-refractivity contribution >= 4 is 12.0 Å². The molecule has 1 aromatic carbocycles. The Morgan fingerprint density at radius 3 is 2.41 bits per heavy atom. The first kappa shape index (κ1) is 20.7. The molecule has 0 aliphatic heterocycles. The van der Waals surface area contributed by atoms with Gasteiger partial charge in [-0.3, -0.25) is 4.79 Å². The van der Waals surface area contributed by atoms with Gasteiger partial charge in [0.15, 0.2) is 0 Å². The summed E-state index contributed by atoms with van der Waals surface area (Å²) in [6.45, 7) is 5.00. The lowest BCUT2D eigenvalue weighted by atomic mass is 10.1. The Balaban J connectivity index is 2.18. The molecule has 0 atom stereocenters. The number of aromatic nitrogens is 2. The summed E-state index contributed by atoms with van der Waals surface area (Å²) in [6, 6.07) is 5.82. The highest BCUT2D eigenvalue weighted by Gasteiger charge is 2.28. The van der Waals surface area contributed by atoms with E-state index in [9.17, 15) is 22.4 Å². The number of carbonyl (C=O) groups excluding carboxylic acids is 1. The van der Waals surface area contributed by atoms with Crippen LogP contribution in [0.3, 0.4) is 0 Å². The third kappa shape index (κ3) is 5.42. The van der Waals surface area contributed by atoms with Gasteiger partial charge in [-0.25, -0.2) is 9.07 Å². The van der Waals surface area contributed by atoms with Crippen LogP contribution in [0.4, 0.5) is 17.6 Å². The zero-order valence-electron chi connectivity index (χ0n) is 15.3. The second-order valence-corrected chi connectivity index (χ2v) is 6.09. The normalized spacial score (nSPS) is 12.0. The van der Waals surface area contributed by atoms with Crippen LogP contribution >= 0.6 is 0 Å². The van der Waals surface area contributed by atoms with Crippen LogP contribution < -0.4 is 0 Å². The van der Waals surface area contributed by atoms with E-state index in [1.165, 1.54) is 18.2 Å². The highest BCUT2D eigenvalue weighted by atomic mass is 19.4. The number of halogens is 4. The van der Waals surface area contributed by atoms with Gasteiger partial charge in [-0.2, -0.15) is 18.3 Å². The minimum absolute atomic E-state index is 0.187. The van der Waals surface area contributed by atoms with E-state index in [1.807, 2.05) is 0 Å². The van der Waals surface area contributed by atoms with Crippen molar-refractivity contribution in [2.75, 3.05) is 13.1 Å². The first-order chi connectivity index (χ1) is 12.6. The average Bonchev–Trinajstić information content (AvgIpc) is 2.87. The third-order valence-corrected chi connectivity index (χ3v) is 4.17.